The molecule has 8 nitrogen and oxygen atoms in total. The zero-order valence-corrected chi connectivity index (χ0v) is 19.5. The Labute approximate surface area is 202 Å². The molecule has 2 aromatic heterocycles. The van der Waals surface area contributed by atoms with Gasteiger partial charge >= 0.3 is 0 Å². The van der Waals surface area contributed by atoms with Gasteiger partial charge in [-0.2, -0.15) is 5.10 Å². The fraction of sp³-hybridized carbons (Fsp3) is 0.240. The third-order valence-corrected chi connectivity index (χ3v) is 6.97. The van der Waals surface area contributed by atoms with Crippen LogP contribution >= 0.6 is 11.9 Å². The summed E-state index contributed by atoms with van der Waals surface area (Å²) in [5.74, 6) is -0.0631. The Morgan fingerprint density at radius 3 is 2.65 bits per heavy atom. The number of carbonyl (C=O) groups is 1. The summed E-state index contributed by atoms with van der Waals surface area (Å²) in [5, 5.41) is 8.97. The molecule has 1 aliphatic rings. The molecule has 2 heterocycles. The monoisotopic (exact) mass is 473 g/mol. The van der Waals surface area contributed by atoms with Crippen molar-refractivity contribution in [3.05, 3.63) is 72.6 Å². The highest BCUT2D eigenvalue weighted by molar-refractivity contribution is 8.00. The smallest absolute Gasteiger partial charge is 0.254 e. The second-order valence-corrected chi connectivity index (χ2v) is 9.40. The van der Waals surface area contributed by atoms with Crippen molar-refractivity contribution in [2.75, 3.05) is 10.0 Å². The number of hydrogen-bond acceptors (Lipinski definition) is 7. The van der Waals surface area contributed by atoms with Gasteiger partial charge in [-0.15, -0.1) is 0 Å². The van der Waals surface area contributed by atoms with Crippen LogP contribution in [0.2, 0.25) is 0 Å². The van der Waals surface area contributed by atoms with Crippen LogP contribution < -0.4 is 21.5 Å². The molecule has 34 heavy (non-hydrogen) atoms. The van der Waals surface area contributed by atoms with Gasteiger partial charge in [-0.1, -0.05) is 25.0 Å². The number of fused-ring (bicyclic) bond motifs is 1. The number of nitrogens with two attached hydrogens (primary N) is 2. The van der Waals surface area contributed by atoms with Crippen molar-refractivity contribution >= 4 is 46.0 Å². The summed E-state index contributed by atoms with van der Waals surface area (Å²) in [5.41, 5.74) is 15.0. The number of benzene rings is 2. The topological polar surface area (TPSA) is 124 Å². The quantitative estimate of drug-likeness (QED) is 0.283. The summed E-state index contributed by atoms with van der Waals surface area (Å²) < 4.78 is 5.16. The number of hydrogen-bond donors (Lipinski definition) is 4. The van der Waals surface area contributed by atoms with Crippen LogP contribution in [0.4, 0.5) is 17.2 Å². The number of primary amides is 1. The molecule has 2 atom stereocenters. The SMILES string of the molecule is NC(=O)c1cn(C2CCCCC2N)nc1Nc1ccc(SNc2ccc3cccnc3c2)cc1. The van der Waals surface area contributed by atoms with Gasteiger partial charge in [0.15, 0.2) is 5.82 Å². The van der Waals surface area contributed by atoms with Gasteiger partial charge in [0.05, 0.1) is 11.6 Å². The second kappa shape index (κ2) is 9.74. The van der Waals surface area contributed by atoms with Crippen LogP contribution in [0.5, 0.6) is 0 Å². The highest BCUT2D eigenvalue weighted by atomic mass is 32.2. The van der Waals surface area contributed by atoms with Crippen molar-refractivity contribution in [1.29, 1.82) is 0 Å². The molecule has 1 amide bonds. The first-order chi connectivity index (χ1) is 16.6. The summed E-state index contributed by atoms with van der Waals surface area (Å²) in [6.07, 6.45) is 7.66. The van der Waals surface area contributed by atoms with Crippen molar-refractivity contribution in [2.45, 2.75) is 42.7 Å². The Morgan fingerprint density at radius 2 is 1.85 bits per heavy atom. The minimum atomic E-state index is -0.514. The summed E-state index contributed by atoms with van der Waals surface area (Å²) in [6.45, 7) is 0. The zero-order chi connectivity index (χ0) is 23.5. The molecule has 4 aromatic rings. The van der Waals surface area contributed by atoms with Crippen LogP contribution in [0.25, 0.3) is 10.9 Å². The van der Waals surface area contributed by atoms with E-state index in [9.17, 15) is 4.79 Å². The third-order valence-electron chi connectivity index (χ3n) is 6.13. The molecule has 9 heteroatoms. The molecular formula is C25H27N7OS. The summed E-state index contributed by atoms with van der Waals surface area (Å²) in [6, 6.07) is 18.1. The average molecular weight is 474 g/mol. The van der Waals surface area contributed by atoms with Crippen LogP contribution in [0.3, 0.4) is 0 Å². The van der Waals surface area contributed by atoms with Crippen LogP contribution in [0, 0.1) is 0 Å². The van der Waals surface area contributed by atoms with E-state index in [0.29, 0.717) is 11.4 Å². The third kappa shape index (κ3) is 4.85. The van der Waals surface area contributed by atoms with Crippen molar-refractivity contribution in [3.63, 3.8) is 0 Å². The Morgan fingerprint density at radius 1 is 1.06 bits per heavy atom. The van der Waals surface area contributed by atoms with E-state index in [1.165, 1.54) is 11.9 Å². The van der Waals surface area contributed by atoms with Crippen LogP contribution in [-0.4, -0.2) is 26.7 Å². The van der Waals surface area contributed by atoms with Gasteiger partial charge in [0.25, 0.3) is 5.91 Å². The Balaban J connectivity index is 1.26. The van der Waals surface area contributed by atoms with Crippen molar-refractivity contribution in [2.24, 2.45) is 11.5 Å². The van der Waals surface area contributed by atoms with E-state index in [1.807, 2.05) is 54.6 Å². The minimum absolute atomic E-state index is 0.0319. The first-order valence-electron chi connectivity index (χ1n) is 11.4. The van der Waals surface area contributed by atoms with Crippen LogP contribution in [0.1, 0.15) is 42.1 Å². The van der Waals surface area contributed by atoms with E-state index >= 15 is 0 Å². The van der Waals surface area contributed by atoms with Gasteiger partial charge < -0.3 is 21.5 Å². The molecule has 0 aliphatic heterocycles. The van der Waals surface area contributed by atoms with Gasteiger partial charge in [-0.25, -0.2) is 0 Å². The van der Waals surface area contributed by atoms with Crippen molar-refractivity contribution < 1.29 is 4.79 Å². The lowest BCUT2D eigenvalue weighted by Crippen LogP contribution is -2.35. The molecule has 1 aliphatic carbocycles. The summed E-state index contributed by atoms with van der Waals surface area (Å²) in [4.78, 5) is 17.5. The van der Waals surface area contributed by atoms with Crippen molar-refractivity contribution in [3.8, 4) is 0 Å². The zero-order valence-electron chi connectivity index (χ0n) is 18.6. The molecule has 0 radical (unpaired) electrons. The summed E-state index contributed by atoms with van der Waals surface area (Å²) >= 11 is 1.51. The molecule has 1 fully saturated rings. The predicted molar refractivity (Wildman–Crippen MR) is 137 cm³/mol. The number of rotatable bonds is 7. The first-order valence-corrected chi connectivity index (χ1v) is 12.2. The van der Waals surface area contributed by atoms with Crippen LogP contribution in [0.15, 0.2) is 71.9 Å². The molecular weight excluding hydrogens is 446 g/mol. The Bertz CT molecular complexity index is 1300. The molecule has 0 spiro atoms. The fourth-order valence-electron chi connectivity index (χ4n) is 4.29. The molecule has 2 aromatic carbocycles. The lowest BCUT2D eigenvalue weighted by molar-refractivity contribution is 0.100. The molecule has 174 valence electrons. The number of pyridine rings is 1. The molecule has 6 N–H and O–H groups in total. The number of amides is 1. The lowest BCUT2D eigenvalue weighted by Gasteiger charge is -2.28. The normalized spacial score (nSPS) is 18.0. The number of aromatic nitrogens is 3. The molecule has 1 saturated carbocycles. The highest BCUT2D eigenvalue weighted by Crippen LogP contribution is 2.30. The lowest BCUT2D eigenvalue weighted by atomic mass is 9.91. The Kier molecular flexibility index (Phi) is 6.37. The predicted octanol–water partition coefficient (Wildman–Crippen LogP) is 4.84. The maximum Gasteiger partial charge on any atom is 0.254 e. The maximum atomic E-state index is 12.0. The van der Waals surface area contributed by atoms with E-state index in [2.05, 4.69) is 20.1 Å². The molecule has 5 rings (SSSR count). The van der Waals surface area contributed by atoms with Crippen LogP contribution in [-0.2, 0) is 0 Å². The maximum absolute atomic E-state index is 12.0. The largest absolute Gasteiger partial charge is 0.365 e. The van der Waals surface area contributed by atoms with Gasteiger partial charge in [0, 0.05) is 40.1 Å². The molecule has 2 unspecified atom stereocenters. The average Bonchev–Trinajstić information content (AvgIpc) is 3.27. The molecule has 0 saturated heterocycles. The van der Waals surface area contributed by atoms with Gasteiger partial charge in [0.1, 0.15) is 5.56 Å². The minimum Gasteiger partial charge on any atom is -0.365 e. The fourth-order valence-corrected chi connectivity index (χ4v) is 4.93. The number of nitrogens with zero attached hydrogens (tertiary/aromatic N) is 3. The second-order valence-electron chi connectivity index (χ2n) is 8.52. The summed E-state index contributed by atoms with van der Waals surface area (Å²) in [7, 11) is 0. The van der Waals surface area contributed by atoms with Gasteiger partial charge in [-0.05, 0) is 67.3 Å². The van der Waals surface area contributed by atoms with E-state index in [0.717, 1.165) is 52.9 Å². The number of nitrogens with one attached hydrogen (secondary N) is 2. The number of anilines is 3. The van der Waals surface area contributed by atoms with E-state index in [1.54, 1.807) is 17.1 Å². The Hall–Kier alpha value is -3.56. The molecule has 0 bridgehead atoms. The van der Waals surface area contributed by atoms with Gasteiger partial charge in [0.2, 0.25) is 0 Å². The highest BCUT2D eigenvalue weighted by Gasteiger charge is 2.26. The van der Waals surface area contributed by atoms with E-state index in [4.69, 9.17) is 11.5 Å². The van der Waals surface area contributed by atoms with E-state index < -0.39 is 5.91 Å². The number of carbonyl (C=O) groups excluding carboxylic acids is 1. The van der Waals surface area contributed by atoms with Crippen molar-refractivity contribution in [1.82, 2.24) is 14.8 Å². The first kappa shape index (κ1) is 22.2. The van der Waals surface area contributed by atoms with E-state index in [-0.39, 0.29) is 12.1 Å². The van der Waals surface area contributed by atoms with Gasteiger partial charge in [-0.3, -0.25) is 14.5 Å². The standard InChI is InChI=1S/C25H27N7OS/c26-21-5-1-2-6-23(21)32-15-20(24(27)33)25(30-32)29-17-9-11-19(12-10-17)34-31-18-8-7-16-4-3-13-28-22(16)14-18/h3-4,7-15,21,23,31H,1-2,5-6,26H2,(H2,27,33)(H,29,30).